The maximum Gasteiger partial charge on any atom is 0.404 e. The number of nitrogens with one attached hydrogen (secondary N) is 1. The van der Waals surface area contributed by atoms with Crippen molar-refractivity contribution in [1.29, 1.82) is 0 Å². The molecule has 2 amide bonds. The van der Waals surface area contributed by atoms with E-state index in [1.54, 1.807) is 13.0 Å². The van der Waals surface area contributed by atoms with E-state index >= 15 is 0 Å². The van der Waals surface area contributed by atoms with Gasteiger partial charge in [0.15, 0.2) is 5.92 Å². The average Bonchev–Trinajstić information content (AvgIpc) is 3.47. The summed E-state index contributed by atoms with van der Waals surface area (Å²) in [5, 5.41) is 3.21. The van der Waals surface area contributed by atoms with Crippen LogP contribution in [-0.2, 0) is 15.0 Å². The van der Waals surface area contributed by atoms with Crippen molar-refractivity contribution in [3.05, 3.63) is 154 Å². The highest BCUT2D eigenvalue weighted by Gasteiger charge is 2.58. The first kappa shape index (κ1) is 34.5. The van der Waals surface area contributed by atoms with Crippen LogP contribution in [0.1, 0.15) is 40.3 Å². The molecule has 10 heteroatoms. The molecule has 0 aromatic heterocycles. The predicted octanol–water partition coefficient (Wildman–Crippen LogP) is 9.75. The maximum absolute atomic E-state index is 13.7. The Hall–Kier alpha value is -5.38. The van der Waals surface area contributed by atoms with Gasteiger partial charge in [-0.25, -0.2) is 4.90 Å². The molecule has 4 aromatic rings. The van der Waals surface area contributed by atoms with Gasteiger partial charge in [0.2, 0.25) is 0 Å². The number of halogens is 6. The van der Waals surface area contributed by atoms with Gasteiger partial charge in [-0.3, -0.25) is 9.59 Å². The summed E-state index contributed by atoms with van der Waals surface area (Å²) in [4.78, 5) is 28.0. The van der Waals surface area contributed by atoms with Crippen molar-refractivity contribution in [3.8, 4) is 11.1 Å². The maximum atomic E-state index is 13.7. The minimum Gasteiger partial charge on any atom is -0.388 e. The van der Waals surface area contributed by atoms with Gasteiger partial charge in [-0.1, -0.05) is 85.5 Å². The molecule has 2 aliphatic rings. The van der Waals surface area contributed by atoms with E-state index < -0.39 is 46.6 Å². The van der Waals surface area contributed by atoms with E-state index in [4.69, 9.17) is 0 Å². The fourth-order valence-electron chi connectivity index (χ4n) is 7.38. The predicted molar refractivity (Wildman–Crippen MR) is 182 cm³/mol. The Kier molecular flexibility index (Phi) is 8.41. The molecule has 0 spiro atoms. The number of alkyl halides is 6. The van der Waals surface area contributed by atoms with E-state index in [9.17, 15) is 35.9 Å². The molecule has 1 aliphatic carbocycles. The molecule has 0 unspecified atom stereocenters. The summed E-state index contributed by atoms with van der Waals surface area (Å²) in [5.74, 6) is -5.76. The Morgan fingerprint density at radius 2 is 1.28 bits per heavy atom. The van der Waals surface area contributed by atoms with Gasteiger partial charge in [-0.05, 0) is 89.1 Å². The van der Waals surface area contributed by atoms with Crippen LogP contribution in [0.2, 0.25) is 0 Å². The first-order valence-corrected chi connectivity index (χ1v) is 15.7. The Morgan fingerprint density at radius 1 is 0.760 bits per heavy atom. The summed E-state index contributed by atoms with van der Waals surface area (Å²) in [7, 11) is 1.85. The van der Waals surface area contributed by atoms with E-state index in [2.05, 4.69) is 48.3 Å². The summed E-state index contributed by atoms with van der Waals surface area (Å²) in [6.07, 6.45) is -10.5. The number of rotatable bonds is 7. The number of benzene rings is 4. The van der Waals surface area contributed by atoms with Crippen LogP contribution in [0, 0.1) is 19.8 Å². The number of allylic oxidation sites excluding steroid dienone is 2. The number of hydrogen-bond donors (Lipinski definition) is 1. The average molecular weight is 687 g/mol. The van der Waals surface area contributed by atoms with E-state index in [0.29, 0.717) is 17.7 Å². The quantitative estimate of drug-likeness (QED) is 0.105. The van der Waals surface area contributed by atoms with Gasteiger partial charge in [0.1, 0.15) is 0 Å². The number of fused-ring (bicyclic) bond motifs is 3. The first-order valence-electron chi connectivity index (χ1n) is 15.7. The summed E-state index contributed by atoms with van der Waals surface area (Å²) >= 11 is 0. The van der Waals surface area contributed by atoms with Crippen LogP contribution in [-0.4, -0.2) is 31.2 Å². The third kappa shape index (κ3) is 5.25. The fourth-order valence-corrected chi connectivity index (χ4v) is 7.38. The van der Waals surface area contributed by atoms with E-state index in [0.717, 1.165) is 49.5 Å². The van der Waals surface area contributed by atoms with Crippen LogP contribution >= 0.6 is 0 Å². The van der Waals surface area contributed by atoms with Gasteiger partial charge >= 0.3 is 12.4 Å². The topological polar surface area (TPSA) is 49.4 Å². The normalized spacial score (nSPS) is 15.9. The van der Waals surface area contributed by atoms with Crippen LogP contribution in [0.15, 0.2) is 120 Å². The largest absolute Gasteiger partial charge is 0.404 e. The van der Waals surface area contributed by atoms with Crippen LogP contribution in [0.3, 0.4) is 0 Å². The Bertz CT molecular complexity index is 2080. The van der Waals surface area contributed by atoms with Crippen LogP contribution < -0.4 is 10.2 Å². The molecule has 0 bridgehead atoms. The zero-order valence-corrected chi connectivity index (χ0v) is 27.6. The minimum atomic E-state index is -5.70. The third-order valence-corrected chi connectivity index (χ3v) is 9.65. The van der Waals surface area contributed by atoms with E-state index in [1.807, 2.05) is 56.4 Å². The number of nitrogens with zero attached hydrogens (tertiary/aromatic N) is 1. The van der Waals surface area contributed by atoms with Crippen molar-refractivity contribution in [2.24, 2.45) is 5.92 Å². The van der Waals surface area contributed by atoms with Gasteiger partial charge in [0.25, 0.3) is 11.8 Å². The van der Waals surface area contributed by atoms with Crippen LogP contribution in [0.4, 0.5) is 37.7 Å². The lowest BCUT2D eigenvalue weighted by molar-refractivity contribution is -0.270. The van der Waals surface area contributed by atoms with Crippen molar-refractivity contribution in [1.82, 2.24) is 0 Å². The molecule has 256 valence electrons. The van der Waals surface area contributed by atoms with Crippen molar-refractivity contribution in [3.63, 3.8) is 0 Å². The Morgan fingerprint density at radius 3 is 1.76 bits per heavy atom. The second-order valence-corrected chi connectivity index (χ2v) is 12.5. The van der Waals surface area contributed by atoms with Crippen molar-refractivity contribution in [2.75, 3.05) is 17.3 Å². The molecule has 4 aromatic carbocycles. The summed E-state index contributed by atoms with van der Waals surface area (Å²) in [6.45, 7) is 8.05. The van der Waals surface area contributed by atoms with E-state index in [1.165, 1.54) is 6.92 Å². The number of carbonyl (C=O) groups is 2. The summed E-state index contributed by atoms with van der Waals surface area (Å²) in [6, 6.07) is 27.7. The standard InChI is InChI=1S/C40H32F6N2O2/c1-6-25(35(39(41,42)43)40(44,45)46)21-30-24(4)36(49)48(37(30)50)34-18-16-27(20-23(34)3)38(26-15-17-33(47-5)22(2)19-26)31-13-9-7-11-28(31)29-12-8-10-14-32(29)38/h6-21,35,47H,1H2,2-5H3/b25-21+. The number of amides is 2. The lowest BCUT2D eigenvalue weighted by Crippen LogP contribution is -2.37. The van der Waals surface area contributed by atoms with Gasteiger partial charge in [-0.15, -0.1) is 0 Å². The number of aryl methyl sites for hydroxylation is 2. The molecule has 50 heavy (non-hydrogen) atoms. The fraction of sp³-hybridized carbons (Fsp3) is 0.200. The van der Waals surface area contributed by atoms with Gasteiger partial charge in [0.05, 0.1) is 11.1 Å². The van der Waals surface area contributed by atoms with Gasteiger partial charge in [-0.2, -0.15) is 26.3 Å². The zero-order valence-electron chi connectivity index (χ0n) is 27.6. The monoisotopic (exact) mass is 686 g/mol. The summed E-state index contributed by atoms with van der Waals surface area (Å²) < 4.78 is 81.4. The number of imide groups is 1. The van der Waals surface area contributed by atoms with Crippen LogP contribution in [0.25, 0.3) is 11.1 Å². The summed E-state index contributed by atoms with van der Waals surface area (Å²) in [5.41, 5.74) is 5.69. The lowest BCUT2D eigenvalue weighted by atomic mass is 9.67. The molecule has 0 radical (unpaired) electrons. The van der Waals surface area contributed by atoms with Crippen molar-refractivity contribution < 1.29 is 35.9 Å². The lowest BCUT2D eigenvalue weighted by Gasteiger charge is -2.35. The van der Waals surface area contributed by atoms with Gasteiger partial charge in [0, 0.05) is 23.9 Å². The molecule has 1 heterocycles. The number of anilines is 2. The molecule has 0 saturated heterocycles. The Balaban J connectivity index is 1.50. The smallest absolute Gasteiger partial charge is 0.388 e. The molecule has 4 nitrogen and oxygen atoms in total. The zero-order chi connectivity index (χ0) is 36.3. The molecule has 6 rings (SSSR count). The van der Waals surface area contributed by atoms with Crippen LogP contribution in [0.5, 0.6) is 0 Å². The third-order valence-electron chi connectivity index (χ3n) is 9.65. The molecule has 0 saturated carbocycles. The first-order chi connectivity index (χ1) is 23.6. The Labute approximate surface area is 285 Å². The minimum absolute atomic E-state index is 0.159. The molecular weight excluding hydrogens is 654 g/mol. The van der Waals surface area contributed by atoms with Crippen molar-refractivity contribution in [2.45, 2.75) is 38.5 Å². The second-order valence-electron chi connectivity index (χ2n) is 12.5. The molecule has 1 N–H and O–H groups in total. The molecule has 0 atom stereocenters. The molecule has 1 aliphatic heterocycles. The van der Waals surface area contributed by atoms with Gasteiger partial charge < -0.3 is 5.32 Å². The number of hydrogen-bond acceptors (Lipinski definition) is 3. The number of carbonyl (C=O) groups excluding carboxylic acids is 2. The second kappa shape index (κ2) is 12.2. The molecule has 0 fully saturated rings. The van der Waals surface area contributed by atoms with Crippen molar-refractivity contribution >= 4 is 23.2 Å². The SMILES string of the molecule is C=C/C(=C\C1=C(C)C(=O)N(c2ccc(C3(c4ccc(NC)c(C)c4)c4ccccc4-c4ccccc43)cc2C)C1=O)C(C(F)(F)F)C(F)(F)F. The molecular formula is C40H32F6N2O2. The highest BCUT2D eigenvalue weighted by molar-refractivity contribution is 6.34. The van der Waals surface area contributed by atoms with E-state index in [-0.39, 0.29) is 11.3 Å². The highest BCUT2D eigenvalue weighted by atomic mass is 19.4. The highest BCUT2D eigenvalue weighted by Crippen LogP contribution is 2.56.